The molecule has 1 saturated heterocycles. The van der Waals surface area contributed by atoms with Gasteiger partial charge in [0.2, 0.25) is 5.91 Å². The number of carbonyl (C=O) groups is 1. The standard InChI is InChI=1S/C21H22F3N5O4/c22-15-7-12(8-16(23)18(15)24)1-2-17(30)27-21-20(33-11-14-10-31-5-6-32-14)19(28-29-21)13(9-26)3-4-25/h3-4,7-9,14,25-26H,1-2,5-6,10-11H2,(H2,27,28,29,30)/b13-3+,25-4?,26-9?. The van der Waals surface area contributed by atoms with E-state index in [0.29, 0.717) is 19.8 Å². The highest BCUT2D eigenvalue weighted by molar-refractivity contribution is 6.13. The largest absolute Gasteiger partial charge is 0.485 e. The lowest BCUT2D eigenvalue weighted by Crippen LogP contribution is -2.33. The molecule has 4 N–H and O–H groups in total. The number of ether oxygens (including phenoxy) is 3. The normalized spacial score (nSPS) is 16.3. The summed E-state index contributed by atoms with van der Waals surface area (Å²) in [6.45, 7) is 1.31. The fourth-order valence-corrected chi connectivity index (χ4v) is 3.06. The van der Waals surface area contributed by atoms with Crippen LogP contribution in [0.2, 0.25) is 0 Å². The summed E-state index contributed by atoms with van der Waals surface area (Å²) in [6, 6.07) is 1.66. The van der Waals surface area contributed by atoms with Gasteiger partial charge in [-0.1, -0.05) is 0 Å². The van der Waals surface area contributed by atoms with Crippen LogP contribution >= 0.6 is 0 Å². The van der Waals surface area contributed by atoms with E-state index in [2.05, 4.69) is 15.5 Å². The van der Waals surface area contributed by atoms with Crippen molar-refractivity contribution < 1.29 is 32.2 Å². The maximum absolute atomic E-state index is 13.4. The Hall–Kier alpha value is -3.51. The molecule has 3 rings (SSSR count). The maximum Gasteiger partial charge on any atom is 0.226 e. The predicted octanol–water partition coefficient (Wildman–Crippen LogP) is 2.88. The van der Waals surface area contributed by atoms with Crippen molar-refractivity contribution in [2.75, 3.05) is 31.7 Å². The molecule has 0 aliphatic carbocycles. The van der Waals surface area contributed by atoms with Crippen molar-refractivity contribution in [3.05, 3.63) is 46.9 Å². The predicted molar refractivity (Wildman–Crippen MR) is 113 cm³/mol. The molecule has 0 bridgehead atoms. The number of carbonyl (C=O) groups excluding carboxylic acids is 1. The van der Waals surface area contributed by atoms with Gasteiger partial charge in [0.1, 0.15) is 18.4 Å². The SMILES string of the molecule is N=C/C=C(\C=N)c1[nH]nc(NC(=O)CCc2cc(F)c(F)c(F)c2)c1OCC1COCCO1. The van der Waals surface area contributed by atoms with Crippen molar-refractivity contribution in [1.29, 1.82) is 10.8 Å². The van der Waals surface area contributed by atoms with E-state index in [9.17, 15) is 18.0 Å². The van der Waals surface area contributed by atoms with Crippen LogP contribution in [0.25, 0.3) is 5.57 Å². The van der Waals surface area contributed by atoms with E-state index >= 15 is 0 Å². The number of rotatable bonds is 10. The highest BCUT2D eigenvalue weighted by atomic mass is 19.2. The average Bonchev–Trinajstić information content (AvgIpc) is 3.20. The van der Waals surface area contributed by atoms with Gasteiger partial charge < -0.3 is 30.3 Å². The third-order valence-electron chi connectivity index (χ3n) is 4.67. The van der Waals surface area contributed by atoms with Crippen LogP contribution < -0.4 is 10.1 Å². The third-order valence-corrected chi connectivity index (χ3v) is 4.67. The smallest absolute Gasteiger partial charge is 0.226 e. The Kier molecular flexibility index (Phi) is 8.33. The van der Waals surface area contributed by atoms with Gasteiger partial charge >= 0.3 is 0 Å². The lowest BCUT2D eigenvalue weighted by Gasteiger charge is -2.23. The number of hydrogen-bond donors (Lipinski definition) is 4. The minimum absolute atomic E-state index is 0.0286. The van der Waals surface area contributed by atoms with Crippen LogP contribution in [0.5, 0.6) is 5.75 Å². The van der Waals surface area contributed by atoms with Crippen molar-refractivity contribution in [3.63, 3.8) is 0 Å². The van der Waals surface area contributed by atoms with Gasteiger partial charge in [-0.3, -0.25) is 9.89 Å². The zero-order chi connectivity index (χ0) is 23.8. The van der Waals surface area contributed by atoms with Gasteiger partial charge in [-0.15, -0.1) is 0 Å². The highest BCUT2D eigenvalue weighted by Gasteiger charge is 2.22. The molecule has 0 radical (unpaired) electrons. The van der Waals surface area contributed by atoms with E-state index < -0.39 is 23.4 Å². The molecule has 2 heterocycles. The molecule has 1 aromatic heterocycles. The molecule has 1 unspecified atom stereocenters. The van der Waals surface area contributed by atoms with Gasteiger partial charge in [-0.25, -0.2) is 13.2 Å². The van der Waals surface area contributed by atoms with Crippen LogP contribution in [0.3, 0.4) is 0 Å². The number of aromatic amines is 1. The minimum Gasteiger partial charge on any atom is -0.485 e. The number of aryl methyl sites for hydroxylation is 1. The number of H-pyrrole nitrogens is 1. The monoisotopic (exact) mass is 465 g/mol. The van der Waals surface area contributed by atoms with Gasteiger partial charge in [0.05, 0.1) is 19.8 Å². The zero-order valence-corrected chi connectivity index (χ0v) is 17.4. The topological polar surface area (TPSA) is 133 Å². The van der Waals surface area contributed by atoms with E-state index in [4.69, 9.17) is 25.0 Å². The van der Waals surface area contributed by atoms with E-state index in [1.165, 1.54) is 6.08 Å². The summed E-state index contributed by atoms with van der Waals surface area (Å²) < 4.78 is 56.5. The number of hydrogen-bond acceptors (Lipinski definition) is 7. The molecule has 1 atom stereocenters. The Morgan fingerprint density at radius 2 is 2.03 bits per heavy atom. The van der Waals surface area contributed by atoms with E-state index in [1.54, 1.807) is 0 Å². The van der Waals surface area contributed by atoms with Gasteiger partial charge in [0, 0.05) is 24.4 Å². The Morgan fingerprint density at radius 1 is 1.27 bits per heavy atom. The summed E-state index contributed by atoms with van der Waals surface area (Å²) in [5.74, 6) is -4.60. The Labute approximate surface area is 186 Å². The lowest BCUT2D eigenvalue weighted by atomic mass is 10.1. The summed E-state index contributed by atoms with van der Waals surface area (Å²) in [4.78, 5) is 12.4. The van der Waals surface area contributed by atoms with Crippen molar-refractivity contribution >= 4 is 29.7 Å². The maximum atomic E-state index is 13.4. The second kappa shape index (κ2) is 11.4. The van der Waals surface area contributed by atoms with Crippen LogP contribution in [0.1, 0.15) is 17.7 Å². The Morgan fingerprint density at radius 3 is 2.67 bits per heavy atom. The number of aromatic nitrogens is 2. The first kappa shape index (κ1) is 24.1. The number of nitrogens with one attached hydrogen (secondary N) is 4. The number of halogens is 3. The second-order valence-electron chi connectivity index (χ2n) is 7.01. The molecule has 0 spiro atoms. The number of amides is 1. The van der Waals surface area contributed by atoms with Gasteiger partial charge in [0.25, 0.3) is 0 Å². The van der Waals surface area contributed by atoms with Crippen molar-refractivity contribution in [3.8, 4) is 5.75 Å². The van der Waals surface area contributed by atoms with Gasteiger partial charge in [0.15, 0.2) is 29.0 Å². The second-order valence-corrected chi connectivity index (χ2v) is 7.01. The molecule has 2 aromatic rings. The zero-order valence-electron chi connectivity index (χ0n) is 17.4. The summed E-state index contributed by atoms with van der Waals surface area (Å²) >= 11 is 0. The number of nitrogens with zero attached hydrogens (tertiary/aromatic N) is 1. The summed E-state index contributed by atoms with van der Waals surface area (Å²) in [5, 5.41) is 24.1. The van der Waals surface area contributed by atoms with Crippen LogP contribution in [-0.4, -0.2) is 61.1 Å². The first-order valence-electron chi connectivity index (χ1n) is 9.98. The van der Waals surface area contributed by atoms with Gasteiger partial charge in [-0.2, -0.15) is 5.10 Å². The lowest BCUT2D eigenvalue weighted by molar-refractivity contribution is -0.116. The number of anilines is 1. The molecular formula is C21H22F3N5O4. The van der Waals surface area contributed by atoms with Crippen LogP contribution in [0.4, 0.5) is 19.0 Å². The Bertz CT molecular complexity index is 1030. The summed E-state index contributed by atoms with van der Waals surface area (Å²) in [7, 11) is 0. The molecule has 1 aromatic carbocycles. The molecule has 33 heavy (non-hydrogen) atoms. The van der Waals surface area contributed by atoms with Gasteiger partial charge in [-0.05, 0) is 30.2 Å². The fraction of sp³-hybridized carbons (Fsp3) is 0.333. The van der Waals surface area contributed by atoms with E-state index in [1.807, 2.05) is 0 Å². The van der Waals surface area contributed by atoms with Crippen LogP contribution in [-0.2, 0) is 20.7 Å². The molecule has 9 nitrogen and oxygen atoms in total. The first-order valence-corrected chi connectivity index (χ1v) is 9.98. The molecule has 1 aliphatic heterocycles. The van der Waals surface area contributed by atoms with Crippen LogP contribution in [0.15, 0.2) is 18.2 Å². The van der Waals surface area contributed by atoms with E-state index in [0.717, 1.165) is 24.6 Å². The molecule has 0 saturated carbocycles. The molecule has 12 heteroatoms. The molecule has 1 fully saturated rings. The third kappa shape index (κ3) is 6.26. The number of benzene rings is 1. The molecular weight excluding hydrogens is 443 g/mol. The molecule has 1 amide bonds. The number of allylic oxidation sites excluding steroid dienone is 2. The summed E-state index contributed by atoms with van der Waals surface area (Å²) in [6.07, 6.45) is 2.77. The highest BCUT2D eigenvalue weighted by Crippen LogP contribution is 2.31. The van der Waals surface area contributed by atoms with Crippen LogP contribution in [0, 0.1) is 28.3 Å². The fourth-order valence-electron chi connectivity index (χ4n) is 3.06. The quantitative estimate of drug-likeness (QED) is 0.316. The average molecular weight is 465 g/mol. The van der Waals surface area contributed by atoms with Crippen molar-refractivity contribution in [2.24, 2.45) is 0 Å². The molecule has 176 valence electrons. The summed E-state index contributed by atoms with van der Waals surface area (Å²) in [5.41, 5.74) is 0.671. The first-order chi connectivity index (χ1) is 15.9. The van der Waals surface area contributed by atoms with E-state index in [-0.39, 0.29) is 54.0 Å². The Balaban J connectivity index is 1.73. The van der Waals surface area contributed by atoms with Crippen molar-refractivity contribution in [1.82, 2.24) is 10.2 Å². The van der Waals surface area contributed by atoms with Crippen molar-refractivity contribution in [2.45, 2.75) is 18.9 Å². The molecule has 1 aliphatic rings. The minimum atomic E-state index is -1.57.